The molecule has 0 bridgehead atoms. The van der Waals surface area contributed by atoms with Crippen molar-refractivity contribution in [3.05, 3.63) is 42.0 Å². The predicted molar refractivity (Wildman–Crippen MR) is 87.6 cm³/mol. The zero-order valence-electron chi connectivity index (χ0n) is 12.7. The highest BCUT2D eigenvalue weighted by molar-refractivity contribution is 5.87. The summed E-state index contributed by atoms with van der Waals surface area (Å²) in [7, 11) is 1.76. The number of hydrogen-bond acceptors (Lipinski definition) is 3. The molecule has 0 radical (unpaired) electrons. The molecule has 3 nitrogen and oxygen atoms in total. The molecule has 0 amide bonds. The normalized spacial score (nSPS) is 17.2. The first-order valence-electron chi connectivity index (χ1n) is 7.79. The summed E-state index contributed by atoms with van der Waals surface area (Å²) in [5.74, 6) is 1.70. The molecule has 0 saturated carbocycles. The van der Waals surface area contributed by atoms with Crippen LogP contribution in [-0.4, -0.2) is 31.6 Å². The Bertz CT molecular complexity index is 603. The van der Waals surface area contributed by atoms with Gasteiger partial charge in [-0.3, -0.25) is 4.90 Å². The van der Waals surface area contributed by atoms with E-state index in [4.69, 9.17) is 10.5 Å². The molecule has 112 valence electrons. The molecule has 1 saturated heterocycles. The highest BCUT2D eigenvalue weighted by Crippen LogP contribution is 2.30. The second-order valence-electron chi connectivity index (χ2n) is 5.92. The van der Waals surface area contributed by atoms with Crippen LogP contribution in [0.5, 0.6) is 5.75 Å². The molecule has 3 heteroatoms. The maximum Gasteiger partial charge on any atom is 0.123 e. The highest BCUT2D eigenvalue weighted by Gasteiger charge is 2.20. The van der Waals surface area contributed by atoms with E-state index >= 15 is 0 Å². The highest BCUT2D eigenvalue weighted by atomic mass is 16.5. The summed E-state index contributed by atoms with van der Waals surface area (Å²) in [6, 6.07) is 12.8. The van der Waals surface area contributed by atoms with Crippen LogP contribution in [0.15, 0.2) is 36.4 Å². The number of rotatable bonds is 4. The lowest BCUT2D eigenvalue weighted by atomic mass is 9.96. The first kappa shape index (κ1) is 14.4. The summed E-state index contributed by atoms with van der Waals surface area (Å²) >= 11 is 0. The molecule has 0 aromatic heterocycles. The molecular formula is C18H24N2O. The largest absolute Gasteiger partial charge is 0.496 e. The van der Waals surface area contributed by atoms with E-state index in [0.717, 1.165) is 31.9 Å². The van der Waals surface area contributed by atoms with E-state index in [2.05, 4.69) is 41.3 Å². The zero-order chi connectivity index (χ0) is 14.7. The van der Waals surface area contributed by atoms with Crippen molar-refractivity contribution in [2.24, 2.45) is 11.7 Å². The second-order valence-corrected chi connectivity index (χ2v) is 5.92. The van der Waals surface area contributed by atoms with Crippen molar-refractivity contribution in [1.29, 1.82) is 0 Å². The number of benzene rings is 2. The van der Waals surface area contributed by atoms with Crippen molar-refractivity contribution in [2.45, 2.75) is 19.4 Å². The van der Waals surface area contributed by atoms with Crippen molar-refractivity contribution >= 4 is 10.8 Å². The second kappa shape index (κ2) is 6.46. The molecule has 21 heavy (non-hydrogen) atoms. The Morgan fingerprint density at radius 1 is 1.14 bits per heavy atom. The van der Waals surface area contributed by atoms with Crippen LogP contribution in [0, 0.1) is 5.92 Å². The number of fused-ring (bicyclic) bond motifs is 1. The minimum atomic E-state index is 0.704. The Morgan fingerprint density at radius 3 is 2.62 bits per heavy atom. The van der Waals surface area contributed by atoms with Crippen LogP contribution >= 0.6 is 0 Å². The van der Waals surface area contributed by atoms with Crippen molar-refractivity contribution in [1.82, 2.24) is 4.90 Å². The van der Waals surface area contributed by atoms with Gasteiger partial charge in [0.15, 0.2) is 0 Å². The van der Waals surface area contributed by atoms with Crippen molar-refractivity contribution in [3.8, 4) is 5.75 Å². The molecule has 0 spiro atoms. The lowest BCUT2D eigenvalue weighted by Gasteiger charge is -2.32. The molecule has 1 fully saturated rings. The van der Waals surface area contributed by atoms with E-state index < -0.39 is 0 Å². The number of ether oxygens (including phenoxy) is 1. The Balaban J connectivity index is 1.85. The fraction of sp³-hybridized carbons (Fsp3) is 0.444. The van der Waals surface area contributed by atoms with Crippen LogP contribution in [0.4, 0.5) is 0 Å². The topological polar surface area (TPSA) is 38.5 Å². The zero-order valence-corrected chi connectivity index (χ0v) is 12.7. The van der Waals surface area contributed by atoms with Gasteiger partial charge in [0, 0.05) is 12.1 Å². The van der Waals surface area contributed by atoms with Crippen LogP contribution in [0.1, 0.15) is 18.4 Å². The van der Waals surface area contributed by atoms with Gasteiger partial charge in [-0.2, -0.15) is 0 Å². The molecule has 3 rings (SSSR count). The summed E-state index contributed by atoms with van der Waals surface area (Å²) in [6.07, 6.45) is 2.42. The molecule has 0 unspecified atom stereocenters. The third-order valence-corrected chi connectivity index (χ3v) is 4.64. The third-order valence-electron chi connectivity index (χ3n) is 4.64. The lowest BCUT2D eigenvalue weighted by molar-refractivity contribution is 0.179. The summed E-state index contributed by atoms with van der Waals surface area (Å²) in [5, 5.41) is 2.59. The molecular weight excluding hydrogens is 260 g/mol. The summed E-state index contributed by atoms with van der Waals surface area (Å²) < 4.78 is 5.59. The Kier molecular flexibility index (Phi) is 4.42. The van der Waals surface area contributed by atoms with E-state index in [-0.39, 0.29) is 0 Å². The van der Waals surface area contributed by atoms with Gasteiger partial charge in [-0.15, -0.1) is 0 Å². The van der Waals surface area contributed by atoms with Crippen molar-refractivity contribution in [3.63, 3.8) is 0 Å². The number of likely N-dealkylation sites (tertiary alicyclic amines) is 1. The van der Waals surface area contributed by atoms with Gasteiger partial charge >= 0.3 is 0 Å². The van der Waals surface area contributed by atoms with E-state index in [1.807, 2.05) is 0 Å². The number of methoxy groups -OCH3 is 1. The van der Waals surface area contributed by atoms with Gasteiger partial charge in [0.25, 0.3) is 0 Å². The van der Waals surface area contributed by atoms with Gasteiger partial charge in [0.1, 0.15) is 5.75 Å². The van der Waals surface area contributed by atoms with Gasteiger partial charge in [0.2, 0.25) is 0 Å². The van der Waals surface area contributed by atoms with Crippen LogP contribution in [-0.2, 0) is 6.54 Å². The quantitative estimate of drug-likeness (QED) is 0.938. The SMILES string of the molecule is COc1ccc2ccccc2c1CN1CCC(CN)CC1. The predicted octanol–water partition coefficient (Wildman–Crippen LogP) is 3.02. The maximum atomic E-state index is 5.78. The molecule has 0 aliphatic carbocycles. The van der Waals surface area contributed by atoms with Crippen LogP contribution in [0.2, 0.25) is 0 Å². The lowest BCUT2D eigenvalue weighted by Crippen LogP contribution is -2.35. The smallest absolute Gasteiger partial charge is 0.123 e. The third kappa shape index (κ3) is 3.04. The molecule has 0 atom stereocenters. The van der Waals surface area contributed by atoms with Crippen molar-refractivity contribution < 1.29 is 4.74 Å². The Labute approximate surface area is 126 Å². The molecule has 1 aliphatic heterocycles. The Morgan fingerprint density at radius 2 is 1.90 bits per heavy atom. The molecule has 2 N–H and O–H groups in total. The van der Waals surface area contributed by atoms with Gasteiger partial charge in [0.05, 0.1) is 7.11 Å². The molecule has 1 aliphatic rings. The van der Waals surface area contributed by atoms with Crippen molar-refractivity contribution in [2.75, 3.05) is 26.7 Å². The number of nitrogens with two attached hydrogens (primary N) is 1. The summed E-state index contributed by atoms with van der Waals surface area (Å²) in [5.41, 5.74) is 7.09. The van der Waals surface area contributed by atoms with Crippen LogP contribution in [0.25, 0.3) is 10.8 Å². The van der Waals surface area contributed by atoms with E-state index in [1.165, 1.54) is 29.2 Å². The van der Waals surface area contributed by atoms with E-state index in [0.29, 0.717) is 5.92 Å². The molecule has 2 aromatic rings. The van der Waals surface area contributed by atoms with E-state index in [1.54, 1.807) is 7.11 Å². The van der Waals surface area contributed by atoms with Gasteiger partial charge in [-0.05, 0) is 55.2 Å². The van der Waals surface area contributed by atoms with Gasteiger partial charge < -0.3 is 10.5 Å². The fourth-order valence-corrected chi connectivity index (χ4v) is 3.27. The monoisotopic (exact) mass is 284 g/mol. The first-order chi connectivity index (χ1) is 10.3. The van der Waals surface area contributed by atoms with Crippen LogP contribution in [0.3, 0.4) is 0 Å². The van der Waals surface area contributed by atoms with E-state index in [9.17, 15) is 0 Å². The van der Waals surface area contributed by atoms with Crippen LogP contribution < -0.4 is 10.5 Å². The number of piperidine rings is 1. The minimum absolute atomic E-state index is 0.704. The molecule has 2 aromatic carbocycles. The van der Waals surface area contributed by atoms with Gasteiger partial charge in [-0.1, -0.05) is 30.3 Å². The average Bonchev–Trinajstić information content (AvgIpc) is 2.56. The standard InChI is InChI=1S/C18H24N2O/c1-21-18-7-6-15-4-2-3-5-16(15)17(18)13-20-10-8-14(12-19)9-11-20/h2-7,14H,8-13,19H2,1H3. The number of hydrogen-bond donors (Lipinski definition) is 1. The fourth-order valence-electron chi connectivity index (χ4n) is 3.27. The average molecular weight is 284 g/mol. The number of nitrogens with zero attached hydrogens (tertiary/aromatic N) is 1. The summed E-state index contributed by atoms with van der Waals surface area (Å²) in [6.45, 7) is 4.05. The maximum absolute atomic E-state index is 5.78. The molecule has 1 heterocycles. The summed E-state index contributed by atoms with van der Waals surface area (Å²) in [4.78, 5) is 2.52. The minimum Gasteiger partial charge on any atom is -0.496 e. The Hall–Kier alpha value is -1.58. The first-order valence-corrected chi connectivity index (χ1v) is 7.79. The van der Waals surface area contributed by atoms with Gasteiger partial charge in [-0.25, -0.2) is 0 Å².